The van der Waals surface area contributed by atoms with Crippen LogP contribution in [-0.4, -0.2) is 41.6 Å². The first kappa shape index (κ1) is 24.2. The first-order chi connectivity index (χ1) is 17.0. The molecule has 35 heavy (non-hydrogen) atoms. The third-order valence-electron chi connectivity index (χ3n) is 5.99. The smallest absolute Gasteiger partial charge is 0.348 e. The number of esters is 1. The fraction of sp³-hybridized carbons (Fsp3) is 0.458. The van der Waals surface area contributed by atoms with Crippen LogP contribution in [0.1, 0.15) is 46.1 Å². The van der Waals surface area contributed by atoms with Gasteiger partial charge in [-0.3, -0.25) is 9.36 Å². The number of hydrogen-bond acceptors (Lipinski definition) is 9. The van der Waals surface area contributed by atoms with Crippen molar-refractivity contribution in [3.05, 3.63) is 49.9 Å². The third kappa shape index (κ3) is 4.82. The Hall–Kier alpha value is -2.47. The summed E-state index contributed by atoms with van der Waals surface area (Å²) in [5.41, 5.74) is 1.68. The lowest BCUT2D eigenvalue weighted by Crippen LogP contribution is -2.28. The van der Waals surface area contributed by atoms with Crippen LogP contribution in [0.5, 0.6) is 5.75 Å². The van der Waals surface area contributed by atoms with Crippen molar-refractivity contribution in [2.24, 2.45) is 0 Å². The minimum absolute atomic E-state index is 0.0859. The molecule has 0 aliphatic carbocycles. The minimum Gasteiger partial charge on any atom is -0.467 e. The predicted molar refractivity (Wildman–Crippen MR) is 130 cm³/mol. The normalized spacial score (nSPS) is 17.4. The van der Waals surface area contributed by atoms with Gasteiger partial charge in [-0.15, -0.1) is 11.3 Å². The maximum absolute atomic E-state index is 14.2. The molecule has 0 N–H and O–H groups in total. The topological polar surface area (TPSA) is 88.9 Å². The molecule has 0 saturated carbocycles. The van der Waals surface area contributed by atoms with Crippen LogP contribution < -0.4 is 10.3 Å². The van der Waals surface area contributed by atoms with Crippen molar-refractivity contribution in [1.29, 1.82) is 0 Å². The number of ether oxygens (including phenoxy) is 4. The van der Waals surface area contributed by atoms with Gasteiger partial charge in [0.15, 0.2) is 11.9 Å². The van der Waals surface area contributed by atoms with E-state index in [-0.39, 0.29) is 37.5 Å². The molecule has 0 spiro atoms. The molecule has 1 saturated heterocycles. The summed E-state index contributed by atoms with van der Waals surface area (Å²) < 4.78 is 37.7. The highest BCUT2D eigenvalue weighted by Crippen LogP contribution is 2.35. The van der Waals surface area contributed by atoms with Crippen LogP contribution in [0.2, 0.25) is 0 Å². The minimum atomic E-state index is -0.460. The van der Waals surface area contributed by atoms with Crippen molar-refractivity contribution in [2.75, 3.05) is 20.0 Å². The maximum Gasteiger partial charge on any atom is 0.348 e. The molecule has 1 atom stereocenters. The Labute approximate surface area is 209 Å². The molecule has 3 aromatic rings. The molecule has 186 valence electrons. The van der Waals surface area contributed by atoms with Crippen LogP contribution in [0.15, 0.2) is 22.1 Å². The molecule has 0 amide bonds. The molecule has 4 heterocycles. The Balaban J connectivity index is 1.55. The van der Waals surface area contributed by atoms with Gasteiger partial charge in [0, 0.05) is 23.5 Å². The van der Waals surface area contributed by atoms with E-state index in [9.17, 15) is 14.0 Å². The van der Waals surface area contributed by atoms with E-state index in [1.165, 1.54) is 23.9 Å². The van der Waals surface area contributed by atoms with Crippen molar-refractivity contribution in [3.8, 4) is 5.75 Å². The van der Waals surface area contributed by atoms with Gasteiger partial charge in [0.1, 0.15) is 21.3 Å². The number of aryl methyl sites for hydroxylation is 1. The van der Waals surface area contributed by atoms with Crippen molar-refractivity contribution in [3.63, 3.8) is 0 Å². The number of carbonyl (C=O) groups excluding carboxylic acids is 1. The Kier molecular flexibility index (Phi) is 7.10. The summed E-state index contributed by atoms with van der Waals surface area (Å²) in [6.45, 7) is 5.14. The zero-order valence-electron chi connectivity index (χ0n) is 19.4. The van der Waals surface area contributed by atoms with Crippen LogP contribution in [-0.2, 0) is 33.1 Å². The van der Waals surface area contributed by atoms with Crippen molar-refractivity contribution >= 4 is 39.3 Å². The summed E-state index contributed by atoms with van der Waals surface area (Å²) in [6, 6.07) is 2.85. The predicted octanol–water partition coefficient (Wildman–Crippen LogP) is 4.42. The Morgan fingerprint density at radius 2 is 2.26 bits per heavy atom. The molecule has 0 bridgehead atoms. The fourth-order valence-corrected chi connectivity index (χ4v) is 6.45. The number of halogens is 1. The molecule has 0 radical (unpaired) electrons. The van der Waals surface area contributed by atoms with E-state index in [1.807, 2.05) is 0 Å². The van der Waals surface area contributed by atoms with Crippen LogP contribution >= 0.6 is 23.1 Å². The molecule has 2 aliphatic heterocycles. The number of fused-ring (bicyclic) bond motifs is 2. The van der Waals surface area contributed by atoms with Gasteiger partial charge < -0.3 is 18.9 Å². The highest BCUT2D eigenvalue weighted by atomic mass is 32.2. The molecule has 11 heteroatoms. The number of aromatic nitrogens is 2. The number of nitrogens with zero attached hydrogens (tertiary/aromatic N) is 2. The van der Waals surface area contributed by atoms with Gasteiger partial charge in [-0.25, -0.2) is 14.2 Å². The summed E-state index contributed by atoms with van der Waals surface area (Å²) in [7, 11) is 0. The van der Waals surface area contributed by atoms with Crippen LogP contribution in [0.3, 0.4) is 0 Å². The number of hydrogen-bond donors (Lipinski definition) is 0. The molecule has 2 aromatic heterocycles. The van der Waals surface area contributed by atoms with E-state index >= 15 is 0 Å². The lowest BCUT2D eigenvalue weighted by atomic mass is 10.1. The molecule has 1 aromatic carbocycles. The van der Waals surface area contributed by atoms with Crippen LogP contribution in [0, 0.1) is 12.7 Å². The maximum atomic E-state index is 14.2. The Morgan fingerprint density at radius 1 is 1.40 bits per heavy atom. The summed E-state index contributed by atoms with van der Waals surface area (Å²) in [5, 5.41) is 0.906. The van der Waals surface area contributed by atoms with Crippen molar-refractivity contribution < 1.29 is 28.1 Å². The second kappa shape index (κ2) is 10.3. The number of benzene rings is 1. The molecule has 2 aliphatic rings. The number of thiophene rings is 1. The largest absolute Gasteiger partial charge is 0.467 e. The quantitative estimate of drug-likeness (QED) is 0.257. The van der Waals surface area contributed by atoms with E-state index in [4.69, 9.17) is 23.9 Å². The van der Waals surface area contributed by atoms with E-state index in [2.05, 4.69) is 0 Å². The highest BCUT2D eigenvalue weighted by Gasteiger charge is 2.25. The van der Waals surface area contributed by atoms with Gasteiger partial charge in [-0.1, -0.05) is 11.8 Å². The summed E-state index contributed by atoms with van der Waals surface area (Å²) in [4.78, 5) is 31.7. The van der Waals surface area contributed by atoms with Gasteiger partial charge in [0.2, 0.25) is 0 Å². The molecule has 1 fully saturated rings. The zero-order valence-corrected chi connectivity index (χ0v) is 21.1. The van der Waals surface area contributed by atoms with E-state index < -0.39 is 5.97 Å². The zero-order chi connectivity index (χ0) is 24.5. The lowest BCUT2D eigenvalue weighted by Gasteiger charge is -2.21. The van der Waals surface area contributed by atoms with Crippen LogP contribution in [0.25, 0.3) is 10.2 Å². The third-order valence-corrected chi connectivity index (χ3v) is 8.19. The van der Waals surface area contributed by atoms with Gasteiger partial charge >= 0.3 is 5.97 Å². The fourth-order valence-electron chi connectivity index (χ4n) is 4.36. The van der Waals surface area contributed by atoms with Crippen LogP contribution in [0.4, 0.5) is 4.39 Å². The average molecular weight is 521 g/mol. The SMILES string of the molecule is CCOC(=O)c1sc2nc(SCc3cc(F)cc4c3OCOC4)n(C[C@H]3CCCO3)c(=O)c2c1C. The Morgan fingerprint density at radius 3 is 3.03 bits per heavy atom. The van der Waals surface area contributed by atoms with E-state index in [0.717, 1.165) is 24.2 Å². The second-order valence-electron chi connectivity index (χ2n) is 8.35. The summed E-state index contributed by atoms with van der Waals surface area (Å²) in [5.74, 6) is 0.119. The first-order valence-electron chi connectivity index (χ1n) is 11.4. The molecular weight excluding hydrogens is 495 g/mol. The van der Waals surface area contributed by atoms with Gasteiger partial charge in [-0.2, -0.15) is 0 Å². The lowest BCUT2D eigenvalue weighted by molar-refractivity contribution is -0.0171. The van der Waals surface area contributed by atoms with Gasteiger partial charge in [-0.05, 0) is 44.4 Å². The number of carbonyl (C=O) groups is 1. The van der Waals surface area contributed by atoms with Crippen molar-refractivity contribution in [1.82, 2.24) is 9.55 Å². The first-order valence-corrected chi connectivity index (χ1v) is 13.2. The average Bonchev–Trinajstić information content (AvgIpc) is 3.47. The van der Waals surface area contributed by atoms with E-state index in [0.29, 0.717) is 61.6 Å². The molecule has 0 unspecified atom stereocenters. The second-order valence-corrected chi connectivity index (χ2v) is 10.3. The van der Waals surface area contributed by atoms with E-state index in [1.54, 1.807) is 18.4 Å². The van der Waals surface area contributed by atoms with Gasteiger partial charge in [0.05, 0.1) is 31.2 Å². The summed E-state index contributed by atoms with van der Waals surface area (Å²) in [6.07, 6.45) is 1.71. The number of thioether (sulfide) groups is 1. The molecule has 8 nitrogen and oxygen atoms in total. The highest BCUT2D eigenvalue weighted by molar-refractivity contribution is 7.98. The standard InChI is InChI=1S/C24H25FN2O6S2/c1-3-31-23(29)20-13(2)18-21(35-20)26-24(27(22(18)28)9-17-5-4-6-32-17)34-11-15-8-16(25)7-14-10-30-12-33-19(14)15/h7-8,17H,3-6,9-12H2,1-2H3/t17-/m1/s1. The molecular formula is C24H25FN2O6S2. The Bertz CT molecular complexity index is 1330. The molecule has 5 rings (SSSR count). The summed E-state index contributed by atoms with van der Waals surface area (Å²) >= 11 is 2.48. The monoisotopic (exact) mass is 520 g/mol. The van der Waals surface area contributed by atoms with Gasteiger partial charge in [0.25, 0.3) is 5.56 Å². The van der Waals surface area contributed by atoms with Crippen molar-refractivity contribution in [2.45, 2.75) is 56.9 Å². The number of rotatable bonds is 7.